The Balaban J connectivity index is 1.76. The molecule has 0 aliphatic carbocycles. The Morgan fingerprint density at radius 3 is 2.59 bits per heavy atom. The number of benzene rings is 2. The molecule has 0 spiro atoms. The Labute approximate surface area is 182 Å². The molecule has 4 aromatic rings. The van der Waals surface area contributed by atoms with Crippen molar-refractivity contribution in [2.24, 2.45) is 0 Å². The van der Waals surface area contributed by atoms with Gasteiger partial charge in [0.1, 0.15) is 4.83 Å². The van der Waals surface area contributed by atoms with Gasteiger partial charge < -0.3 is 0 Å². The van der Waals surface area contributed by atoms with E-state index in [9.17, 15) is 4.79 Å². The zero-order chi connectivity index (χ0) is 20.4. The van der Waals surface area contributed by atoms with Crippen molar-refractivity contribution in [3.05, 3.63) is 93.1 Å². The summed E-state index contributed by atoms with van der Waals surface area (Å²) in [5, 5.41) is 4.12. The minimum Gasteiger partial charge on any atom is -0.283 e. The van der Waals surface area contributed by atoms with Gasteiger partial charge in [0.05, 0.1) is 5.39 Å². The molecule has 2 heterocycles. The van der Waals surface area contributed by atoms with Crippen LogP contribution in [0.15, 0.2) is 76.5 Å². The van der Waals surface area contributed by atoms with Crippen molar-refractivity contribution < 1.29 is 0 Å². The van der Waals surface area contributed by atoms with E-state index in [1.165, 1.54) is 16.9 Å². The smallest absolute Gasteiger partial charge is 0.263 e. The number of aryl methyl sites for hydroxylation is 1. The van der Waals surface area contributed by atoms with E-state index in [4.69, 9.17) is 16.6 Å². The number of rotatable bonds is 6. The molecule has 2 aromatic heterocycles. The molecule has 0 fully saturated rings. The summed E-state index contributed by atoms with van der Waals surface area (Å²) in [6.45, 7) is 6.29. The fraction of sp³-hybridized carbons (Fsp3) is 0.130. The normalized spacial score (nSPS) is 11.1. The van der Waals surface area contributed by atoms with Crippen LogP contribution in [0.3, 0.4) is 0 Å². The molecule has 0 N–H and O–H groups in total. The van der Waals surface area contributed by atoms with E-state index < -0.39 is 0 Å². The molecule has 0 atom stereocenters. The average molecular weight is 439 g/mol. The predicted molar refractivity (Wildman–Crippen MR) is 125 cm³/mol. The minimum absolute atomic E-state index is 0.0228. The lowest BCUT2D eigenvalue weighted by Gasteiger charge is -2.11. The van der Waals surface area contributed by atoms with E-state index in [0.29, 0.717) is 27.9 Å². The fourth-order valence-corrected chi connectivity index (χ4v) is 5.16. The molecule has 2 aromatic carbocycles. The standard InChI is InChI=1S/C23H19ClN2OS2/c1-3-12-26-22(27)20-19(17-8-4-15(2)5-9-17)14-28-21(20)25-23(26)29-13-16-6-10-18(24)11-7-16/h3-11,14H,1,12-13H2,2H3. The first-order chi connectivity index (χ1) is 14.1. The number of hydrogen-bond acceptors (Lipinski definition) is 4. The molecule has 6 heteroatoms. The monoisotopic (exact) mass is 438 g/mol. The lowest BCUT2D eigenvalue weighted by molar-refractivity contribution is 0.673. The molecule has 29 heavy (non-hydrogen) atoms. The Bertz CT molecular complexity index is 1220. The summed E-state index contributed by atoms with van der Waals surface area (Å²) in [6, 6.07) is 16.0. The Kier molecular flexibility index (Phi) is 5.90. The number of aromatic nitrogens is 2. The highest BCUT2D eigenvalue weighted by Crippen LogP contribution is 2.33. The highest BCUT2D eigenvalue weighted by molar-refractivity contribution is 7.98. The van der Waals surface area contributed by atoms with Crippen molar-refractivity contribution in [1.82, 2.24) is 9.55 Å². The summed E-state index contributed by atoms with van der Waals surface area (Å²) in [4.78, 5) is 19.0. The van der Waals surface area contributed by atoms with Crippen LogP contribution < -0.4 is 5.56 Å². The Hall–Kier alpha value is -2.34. The summed E-state index contributed by atoms with van der Waals surface area (Å²) < 4.78 is 1.71. The molecule has 0 amide bonds. The zero-order valence-corrected chi connectivity index (χ0v) is 18.3. The van der Waals surface area contributed by atoms with Gasteiger partial charge in [-0.2, -0.15) is 0 Å². The van der Waals surface area contributed by atoms with Crippen LogP contribution in [0.4, 0.5) is 0 Å². The summed E-state index contributed by atoms with van der Waals surface area (Å²) >= 11 is 9.03. The van der Waals surface area contributed by atoms with Crippen LogP contribution >= 0.6 is 34.7 Å². The number of hydrogen-bond donors (Lipinski definition) is 0. The molecule has 0 radical (unpaired) electrons. The summed E-state index contributed by atoms with van der Waals surface area (Å²) in [5.74, 6) is 0.711. The van der Waals surface area contributed by atoms with Gasteiger partial charge in [-0.25, -0.2) is 4.98 Å². The average Bonchev–Trinajstić information content (AvgIpc) is 3.15. The number of fused-ring (bicyclic) bond motifs is 1. The van der Waals surface area contributed by atoms with Gasteiger partial charge in [0.15, 0.2) is 5.16 Å². The van der Waals surface area contributed by atoms with Crippen molar-refractivity contribution in [3.8, 4) is 11.1 Å². The Morgan fingerprint density at radius 2 is 1.90 bits per heavy atom. The molecule has 0 unspecified atom stereocenters. The van der Waals surface area contributed by atoms with Gasteiger partial charge in [0, 0.05) is 28.3 Å². The molecular weight excluding hydrogens is 420 g/mol. The number of nitrogens with zero attached hydrogens (tertiary/aromatic N) is 2. The highest BCUT2D eigenvalue weighted by Gasteiger charge is 2.17. The topological polar surface area (TPSA) is 34.9 Å². The molecule has 0 saturated carbocycles. The highest BCUT2D eigenvalue weighted by atomic mass is 35.5. The number of halogens is 1. The number of allylic oxidation sites excluding steroid dienone is 1. The van der Waals surface area contributed by atoms with E-state index in [0.717, 1.165) is 21.5 Å². The lowest BCUT2D eigenvalue weighted by Crippen LogP contribution is -2.22. The second kappa shape index (κ2) is 8.57. The van der Waals surface area contributed by atoms with Crippen molar-refractivity contribution in [1.29, 1.82) is 0 Å². The quantitative estimate of drug-likeness (QED) is 0.194. The molecule has 0 aliphatic rings. The van der Waals surface area contributed by atoms with Crippen LogP contribution in [-0.2, 0) is 12.3 Å². The van der Waals surface area contributed by atoms with Crippen LogP contribution in [0.1, 0.15) is 11.1 Å². The molecule has 4 rings (SSSR count). The first-order valence-corrected chi connectivity index (χ1v) is 11.4. The van der Waals surface area contributed by atoms with E-state index in [1.807, 2.05) is 29.6 Å². The van der Waals surface area contributed by atoms with Crippen molar-refractivity contribution in [2.75, 3.05) is 0 Å². The summed E-state index contributed by atoms with van der Waals surface area (Å²) in [5.41, 5.74) is 4.27. The van der Waals surface area contributed by atoms with Crippen LogP contribution in [0, 0.1) is 6.92 Å². The van der Waals surface area contributed by atoms with Gasteiger partial charge >= 0.3 is 0 Å². The van der Waals surface area contributed by atoms with Gasteiger partial charge in [-0.15, -0.1) is 17.9 Å². The van der Waals surface area contributed by atoms with E-state index in [2.05, 4.69) is 37.8 Å². The van der Waals surface area contributed by atoms with Crippen LogP contribution in [-0.4, -0.2) is 9.55 Å². The maximum absolute atomic E-state index is 13.4. The third-order valence-electron chi connectivity index (χ3n) is 4.61. The second-order valence-corrected chi connectivity index (χ2v) is 8.95. The molecule has 0 saturated heterocycles. The zero-order valence-electron chi connectivity index (χ0n) is 15.9. The summed E-state index contributed by atoms with van der Waals surface area (Å²) in [6.07, 6.45) is 1.74. The van der Waals surface area contributed by atoms with Crippen LogP contribution in [0.2, 0.25) is 5.02 Å². The molecule has 3 nitrogen and oxygen atoms in total. The van der Waals surface area contributed by atoms with Gasteiger partial charge in [0.2, 0.25) is 0 Å². The first-order valence-electron chi connectivity index (χ1n) is 9.14. The predicted octanol–water partition coefficient (Wildman–Crippen LogP) is 6.57. The van der Waals surface area contributed by atoms with Gasteiger partial charge in [0.25, 0.3) is 5.56 Å². The fourth-order valence-electron chi connectivity index (χ4n) is 3.08. The largest absolute Gasteiger partial charge is 0.283 e. The molecular formula is C23H19ClN2OS2. The van der Waals surface area contributed by atoms with Gasteiger partial charge in [-0.05, 0) is 30.2 Å². The van der Waals surface area contributed by atoms with Crippen molar-refractivity contribution in [3.63, 3.8) is 0 Å². The molecule has 146 valence electrons. The summed E-state index contributed by atoms with van der Waals surface area (Å²) in [7, 11) is 0. The van der Waals surface area contributed by atoms with Crippen LogP contribution in [0.25, 0.3) is 21.3 Å². The third kappa shape index (κ3) is 4.17. The minimum atomic E-state index is -0.0228. The van der Waals surface area contributed by atoms with Crippen LogP contribution in [0.5, 0.6) is 0 Å². The maximum Gasteiger partial charge on any atom is 0.263 e. The van der Waals surface area contributed by atoms with E-state index in [1.54, 1.807) is 22.4 Å². The lowest BCUT2D eigenvalue weighted by atomic mass is 10.1. The number of thiophene rings is 1. The van der Waals surface area contributed by atoms with Crippen molar-refractivity contribution >= 4 is 44.9 Å². The van der Waals surface area contributed by atoms with Gasteiger partial charge in [-0.3, -0.25) is 9.36 Å². The second-order valence-electron chi connectivity index (χ2n) is 6.71. The van der Waals surface area contributed by atoms with Gasteiger partial charge in [-0.1, -0.05) is 71.4 Å². The SMILES string of the molecule is C=CCn1c(SCc2ccc(Cl)cc2)nc2scc(-c3ccc(C)cc3)c2c1=O. The third-order valence-corrected chi connectivity index (χ3v) is 6.79. The first kappa shape index (κ1) is 20.0. The Morgan fingerprint density at radius 1 is 1.17 bits per heavy atom. The number of thioether (sulfide) groups is 1. The maximum atomic E-state index is 13.4. The van der Waals surface area contributed by atoms with E-state index >= 15 is 0 Å². The molecule has 0 bridgehead atoms. The van der Waals surface area contributed by atoms with Crippen molar-refractivity contribution in [2.45, 2.75) is 24.4 Å². The molecule has 0 aliphatic heterocycles. The van der Waals surface area contributed by atoms with E-state index in [-0.39, 0.29) is 5.56 Å².